The molecule has 2 fully saturated rings. The van der Waals surface area contributed by atoms with Crippen molar-refractivity contribution in [1.82, 2.24) is 15.1 Å². The van der Waals surface area contributed by atoms with Crippen LogP contribution < -0.4 is 14.8 Å². The van der Waals surface area contributed by atoms with Gasteiger partial charge in [0.1, 0.15) is 11.6 Å². The van der Waals surface area contributed by atoms with Gasteiger partial charge in [-0.15, -0.1) is 0 Å². The maximum atomic E-state index is 13.8. The van der Waals surface area contributed by atoms with Crippen LogP contribution in [0.3, 0.4) is 0 Å². The van der Waals surface area contributed by atoms with Crippen LogP contribution in [0.25, 0.3) is 0 Å². The fourth-order valence-corrected chi connectivity index (χ4v) is 5.55. The first-order valence-electron chi connectivity index (χ1n) is 14.8. The average Bonchev–Trinajstić information content (AvgIpc) is 3.69. The van der Waals surface area contributed by atoms with E-state index in [2.05, 4.69) is 5.32 Å². The third-order valence-corrected chi connectivity index (χ3v) is 7.97. The van der Waals surface area contributed by atoms with Crippen molar-refractivity contribution in [3.63, 3.8) is 0 Å². The first-order valence-corrected chi connectivity index (χ1v) is 14.8. The van der Waals surface area contributed by atoms with Gasteiger partial charge in [-0.3, -0.25) is 9.59 Å². The summed E-state index contributed by atoms with van der Waals surface area (Å²) >= 11 is 0. The number of carbonyl (C=O) groups is 2. The van der Waals surface area contributed by atoms with Crippen LogP contribution in [0, 0.1) is 23.5 Å². The Hall–Kier alpha value is -3.24. The van der Waals surface area contributed by atoms with Crippen LogP contribution in [-0.2, 0) is 16.0 Å². The minimum absolute atomic E-state index is 0.0417. The third kappa shape index (κ3) is 8.41. The molecule has 2 atom stereocenters. The lowest BCUT2D eigenvalue weighted by atomic mass is 9.93. The highest BCUT2D eigenvalue weighted by Crippen LogP contribution is 2.32. The van der Waals surface area contributed by atoms with Gasteiger partial charge >= 0.3 is 0 Å². The Bertz CT molecular complexity index is 1200. The number of hydrogen-bond acceptors (Lipinski definition) is 6. The molecule has 0 spiro atoms. The fourth-order valence-electron chi connectivity index (χ4n) is 5.55. The largest absolute Gasteiger partial charge is 0.493 e. The van der Waals surface area contributed by atoms with Crippen LogP contribution in [0.5, 0.6) is 11.5 Å². The summed E-state index contributed by atoms with van der Waals surface area (Å²) in [4.78, 5) is 30.8. The second-order valence-corrected chi connectivity index (χ2v) is 11.5. The van der Waals surface area contributed by atoms with E-state index < -0.39 is 11.6 Å². The molecular formula is C32H43F2N3O5. The van der Waals surface area contributed by atoms with E-state index in [0.717, 1.165) is 32.0 Å². The average molecular weight is 588 g/mol. The molecule has 1 heterocycles. The van der Waals surface area contributed by atoms with E-state index in [0.29, 0.717) is 55.4 Å². The lowest BCUT2D eigenvalue weighted by molar-refractivity contribution is -0.131. The van der Waals surface area contributed by atoms with Crippen molar-refractivity contribution < 1.29 is 32.6 Å². The van der Waals surface area contributed by atoms with Crippen molar-refractivity contribution >= 4 is 11.8 Å². The molecule has 2 aromatic carbocycles. The molecule has 0 radical (unpaired) electrons. The van der Waals surface area contributed by atoms with Gasteiger partial charge in [0.2, 0.25) is 5.91 Å². The molecule has 1 saturated heterocycles. The normalized spacial score (nSPS) is 18.3. The quantitative estimate of drug-likeness (QED) is 0.313. The maximum absolute atomic E-state index is 13.8. The van der Waals surface area contributed by atoms with Gasteiger partial charge in [-0.25, -0.2) is 8.78 Å². The zero-order valence-electron chi connectivity index (χ0n) is 25.0. The highest BCUT2D eigenvalue weighted by Gasteiger charge is 2.38. The SMILES string of the molecule is COCCCOc1cc(C(=O)N(CC2CNCC2CN(C(=O)Cc2cc(F)cc(F)c2)C2CC2)C(C)C)ccc1OC. The van der Waals surface area contributed by atoms with E-state index in [-0.39, 0.29) is 42.2 Å². The van der Waals surface area contributed by atoms with Gasteiger partial charge < -0.3 is 29.3 Å². The van der Waals surface area contributed by atoms with E-state index in [1.165, 1.54) is 12.1 Å². The molecule has 0 bridgehead atoms. The predicted molar refractivity (Wildman–Crippen MR) is 156 cm³/mol. The first kappa shape index (κ1) is 31.7. The Labute approximate surface area is 247 Å². The van der Waals surface area contributed by atoms with Gasteiger partial charge in [-0.1, -0.05) is 0 Å². The van der Waals surface area contributed by atoms with Crippen molar-refractivity contribution in [3.05, 3.63) is 59.2 Å². The van der Waals surface area contributed by atoms with Crippen LogP contribution in [0.1, 0.15) is 49.0 Å². The Morgan fingerprint density at radius 3 is 2.26 bits per heavy atom. The van der Waals surface area contributed by atoms with E-state index >= 15 is 0 Å². The zero-order chi connectivity index (χ0) is 30.2. The third-order valence-electron chi connectivity index (χ3n) is 7.97. The van der Waals surface area contributed by atoms with E-state index in [9.17, 15) is 18.4 Å². The lowest BCUT2D eigenvalue weighted by Gasteiger charge is -2.34. The van der Waals surface area contributed by atoms with Crippen molar-refractivity contribution in [2.24, 2.45) is 11.8 Å². The topological polar surface area (TPSA) is 80.3 Å². The fraction of sp³-hybridized carbons (Fsp3) is 0.562. The smallest absolute Gasteiger partial charge is 0.254 e. The minimum atomic E-state index is -0.684. The summed E-state index contributed by atoms with van der Waals surface area (Å²) in [7, 11) is 3.21. The standard InChI is InChI=1S/C32H43F2N3O5/c1-21(2)36(32(39)23-6-9-29(41-4)30(15-23)42-11-5-10-40-3)19-24-17-35-18-25(24)20-37(28-7-8-28)31(38)14-22-12-26(33)16-27(34)13-22/h6,9,12-13,15-16,21,24-25,28,35H,5,7-8,10-11,14,17-20H2,1-4H3. The number of nitrogens with zero attached hydrogens (tertiary/aromatic N) is 2. The molecule has 42 heavy (non-hydrogen) atoms. The Kier molecular flexibility index (Phi) is 11.2. The van der Waals surface area contributed by atoms with Crippen molar-refractivity contribution in [2.75, 3.05) is 53.6 Å². The van der Waals surface area contributed by atoms with Crippen LogP contribution in [0.15, 0.2) is 36.4 Å². The van der Waals surface area contributed by atoms with Crippen molar-refractivity contribution in [3.8, 4) is 11.5 Å². The molecule has 1 aliphatic carbocycles. The lowest BCUT2D eigenvalue weighted by Crippen LogP contribution is -2.45. The summed E-state index contributed by atoms with van der Waals surface area (Å²) in [6, 6.07) is 8.59. The van der Waals surface area contributed by atoms with Gasteiger partial charge in [0.05, 0.1) is 20.1 Å². The highest BCUT2D eigenvalue weighted by molar-refractivity contribution is 5.95. The summed E-state index contributed by atoms with van der Waals surface area (Å²) < 4.78 is 43.9. The monoisotopic (exact) mass is 587 g/mol. The molecular weight excluding hydrogens is 544 g/mol. The molecule has 2 aliphatic rings. The summed E-state index contributed by atoms with van der Waals surface area (Å²) in [5.41, 5.74) is 0.855. The number of ether oxygens (including phenoxy) is 3. The number of hydrogen-bond donors (Lipinski definition) is 1. The first-order chi connectivity index (χ1) is 20.2. The Morgan fingerprint density at radius 2 is 1.64 bits per heavy atom. The van der Waals surface area contributed by atoms with Crippen LogP contribution in [-0.4, -0.2) is 87.3 Å². The molecule has 1 saturated carbocycles. The molecule has 10 heteroatoms. The highest BCUT2D eigenvalue weighted by atomic mass is 19.1. The molecule has 2 amide bonds. The second kappa shape index (κ2) is 14.8. The van der Waals surface area contributed by atoms with Gasteiger partial charge in [0.25, 0.3) is 5.91 Å². The van der Waals surface area contributed by atoms with Crippen molar-refractivity contribution in [2.45, 2.75) is 51.6 Å². The molecule has 2 aromatic rings. The Morgan fingerprint density at radius 1 is 0.952 bits per heavy atom. The number of amides is 2. The molecule has 0 aromatic heterocycles. The molecule has 1 aliphatic heterocycles. The van der Waals surface area contributed by atoms with Gasteiger partial charge in [0.15, 0.2) is 11.5 Å². The summed E-state index contributed by atoms with van der Waals surface area (Å²) in [6.45, 7) is 7.56. The summed E-state index contributed by atoms with van der Waals surface area (Å²) in [5, 5.41) is 3.45. The Balaban J connectivity index is 1.44. The van der Waals surface area contributed by atoms with E-state index in [4.69, 9.17) is 14.2 Å². The van der Waals surface area contributed by atoms with Gasteiger partial charge in [0, 0.05) is 70.0 Å². The zero-order valence-corrected chi connectivity index (χ0v) is 25.0. The van der Waals surface area contributed by atoms with Gasteiger partial charge in [-0.05, 0) is 74.4 Å². The number of rotatable bonds is 15. The predicted octanol–water partition coefficient (Wildman–Crippen LogP) is 4.31. The molecule has 230 valence electrons. The number of carbonyl (C=O) groups excluding carboxylic acids is 2. The van der Waals surface area contributed by atoms with Crippen molar-refractivity contribution in [1.29, 1.82) is 0 Å². The second-order valence-electron chi connectivity index (χ2n) is 11.5. The number of benzene rings is 2. The summed E-state index contributed by atoms with van der Waals surface area (Å²) in [5.74, 6) is -0.231. The van der Waals surface area contributed by atoms with E-state index in [1.807, 2.05) is 23.6 Å². The molecule has 4 rings (SSSR count). The number of methoxy groups -OCH3 is 2. The molecule has 2 unspecified atom stereocenters. The number of nitrogens with one attached hydrogen (secondary N) is 1. The molecule has 8 nitrogen and oxygen atoms in total. The summed E-state index contributed by atoms with van der Waals surface area (Å²) in [6.07, 6.45) is 2.53. The number of halogens is 2. The van der Waals surface area contributed by atoms with Crippen LogP contribution in [0.4, 0.5) is 8.78 Å². The maximum Gasteiger partial charge on any atom is 0.254 e. The van der Waals surface area contributed by atoms with E-state index in [1.54, 1.807) is 32.4 Å². The van der Waals surface area contributed by atoms with Crippen LogP contribution in [0.2, 0.25) is 0 Å². The minimum Gasteiger partial charge on any atom is -0.493 e. The van der Waals surface area contributed by atoms with Crippen LogP contribution >= 0.6 is 0 Å². The molecule has 1 N–H and O–H groups in total. The van der Waals surface area contributed by atoms with Gasteiger partial charge in [-0.2, -0.15) is 0 Å².